The van der Waals surface area contributed by atoms with Crippen LogP contribution in [0.15, 0.2) is 10.6 Å². The first kappa shape index (κ1) is 14.1. The number of hydrogen-bond acceptors (Lipinski definition) is 4. The Bertz CT molecular complexity index is 547. The van der Waals surface area contributed by atoms with Gasteiger partial charge in [-0.05, 0) is 13.8 Å². The van der Waals surface area contributed by atoms with Gasteiger partial charge in [0, 0.05) is 19.5 Å². The number of oxazole rings is 1. The average molecular weight is 283 g/mol. The summed E-state index contributed by atoms with van der Waals surface area (Å²) in [6.07, 6.45) is 2.63. The Morgan fingerprint density at radius 3 is 2.79 bits per heavy atom. The molecule has 0 aliphatic rings. The normalized spacial score (nSPS) is 11.2. The minimum absolute atomic E-state index is 0.588. The SMILES string of the molecule is CCc1cnc(CNCc2c(Cl)c(C)nn2CC)o1. The number of nitrogens with zero attached hydrogens (tertiary/aromatic N) is 3. The van der Waals surface area contributed by atoms with Crippen LogP contribution < -0.4 is 5.32 Å². The maximum absolute atomic E-state index is 6.24. The third kappa shape index (κ3) is 3.16. The van der Waals surface area contributed by atoms with E-state index in [-0.39, 0.29) is 0 Å². The van der Waals surface area contributed by atoms with Crippen LogP contribution in [0.25, 0.3) is 0 Å². The molecule has 1 N–H and O–H groups in total. The van der Waals surface area contributed by atoms with Crippen molar-refractivity contribution >= 4 is 11.6 Å². The second kappa shape index (κ2) is 6.21. The van der Waals surface area contributed by atoms with Gasteiger partial charge in [-0.25, -0.2) is 4.98 Å². The lowest BCUT2D eigenvalue weighted by atomic mass is 10.3. The van der Waals surface area contributed by atoms with Gasteiger partial charge in [0.15, 0.2) is 0 Å². The van der Waals surface area contributed by atoms with Gasteiger partial charge in [-0.1, -0.05) is 18.5 Å². The third-order valence-electron chi connectivity index (χ3n) is 2.97. The van der Waals surface area contributed by atoms with Crippen LogP contribution in [0, 0.1) is 6.92 Å². The molecule has 0 radical (unpaired) electrons. The largest absolute Gasteiger partial charge is 0.444 e. The van der Waals surface area contributed by atoms with E-state index in [2.05, 4.69) is 15.4 Å². The summed E-state index contributed by atoms with van der Waals surface area (Å²) in [7, 11) is 0. The van der Waals surface area contributed by atoms with Gasteiger partial charge in [-0.2, -0.15) is 5.10 Å². The Hall–Kier alpha value is -1.33. The molecule has 0 amide bonds. The Labute approximate surface area is 118 Å². The molecule has 104 valence electrons. The molecule has 6 heteroatoms. The molecule has 5 nitrogen and oxygen atoms in total. The highest BCUT2D eigenvalue weighted by molar-refractivity contribution is 6.31. The second-order valence-electron chi connectivity index (χ2n) is 4.34. The van der Waals surface area contributed by atoms with Gasteiger partial charge < -0.3 is 9.73 Å². The van der Waals surface area contributed by atoms with E-state index in [1.54, 1.807) is 6.20 Å². The fourth-order valence-electron chi connectivity index (χ4n) is 1.92. The zero-order chi connectivity index (χ0) is 13.8. The molecule has 0 aliphatic carbocycles. The maximum atomic E-state index is 6.24. The molecule has 2 heterocycles. The molecule has 0 fully saturated rings. The first-order chi connectivity index (χ1) is 9.15. The van der Waals surface area contributed by atoms with E-state index in [1.165, 1.54) is 0 Å². The van der Waals surface area contributed by atoms with Crippen molar-refractivity contribution in [3.05, 3.63) is 34.3 Å². The average Bonchev–Trinajstić information content (AvgIpc) is 2.98. The summed E-state index contributed by atoms with van der Waals surface area (Å²) in [5.74, 6) is 1.61. The minimum Gasteiger partial charge on any atom is -0.444 e. The second-order valence-corrected chi connectivity index (χ2v) is 4.72. The summed E-state index contributed by atoms with van der Waals surface area (Å²) >= 11 is 6.24. The van der Waals surface area contributed by atoms with Crippen LogP contribution in [0.2, 0.25) is 5.02 Å². The molecule has 19 heavy (non-hydrogen) atoms. The van der Waals surface area contributed by atoms with Gasteiger partial charge >= 0.3 is 0 Å². The molecular weight excluding hydrogens is 264 g/mol. The molecular formula is C13H19ClN4O. The number of hydrogen-bond donors (Lipinski definition) is 1. The van der Waals surface area contributed by atoms with Crippen molar-refractivity contribution in [1.82, 2.24) is 20.1 Å². The molecule has 0 saturated carbocycles. The number of nitrogens with one attached hydrogen (secondary N) is 1. The van der Waals surface area contributed by atoms with Crippen molar-refractivity contribution in [1.29, 1.82) is 0 Å². The van der Waals surface area contributed by atoms with Crippen LogP contribution in [0.4, 0.5) is 0 Å². The van der Waals surface area contributed by atoms with Crippen molar-refractivity contribution in [2.24, 2.45) is 0 Å². The molecule has 2 aromatic rings. The smallest absolute Gasteiger partial charge is 0.208 e. The van der Waals surface area contributed by atoms with Crippen molar-refractivity contribution in [2.75, 3.05) is 0 Å². The zero-order valence-corrected chi connectivity index (χ0v) is 12.3. The van der Waals surface area contributed by atoms with Gasteiger partial charge in [0.1, 0.15) is 5.76 Å². The summed E-state index contributed by atoms with van der Waals surface area (Å²) in [5.41, 5.74) is 1.87. The Morgan fingerprint density at radius 2 is 2.16 bits per heavy atom. The van der Waals surface area contributed by atoms with Crippen LogP contribution in [-0.2, 0) is 26.1 Å². The fourth-order valence-corrected chi connectivity index (χ4v) is 2.12. The van der Waals surface area contributed by atoms with E-state index in [9.17, 15) is 0 Å². The molecule has 0 unspecified atom stereocenters. The van der Waals surface area contributed by atoms with Crippen molar-refractivity contribution in [2.45, 2.75) is 46.8 Å². The first-order valence-corrected chi connectivity index (χ1v) is 6.89. The summed E-state index contributed by atoms with van der Waals surface area (Å²) < 4.78 is 7.45. The van der Waals surface area contributed by atoms with Crippen molar-refractivity contribution in [3.8, 4) is 0 Å². The molecule has 0 saturated heterocycles. The molecule has 2 aromatic heterocycles. The van der Waals surface area contributed by atoms with Crippen molar-refractivity contribution in [3.63, 3.8) is 0 Å². The van der Waals surface area contributed by atoms with Gasteiger partial charge in [0.2, 0.25) is 5.89 Å². The minimum atomic E-state index is 0.588. The number of rotatable bonds is 6. The molecule has 0 spiro atoms. The predicted octanol–water partition coefficient (Wildman–Crippen LogP) is 2.71. The molecule has 0 aliphatic heterocycles. The predicted molar refractivity (Wildman–Crippen MR) is 74.1 cm³/mol. The van der Waals surface area contributed by atoms with Crippen LogP contribution in [0.3, 0.4) is 0 Å². The van der Waals surface area contributed by atoms with Gasteiger partial charge in [0.05, 0.1) is 29.2 Å². The lowest BCUT2D eigenvalue weighted by Crippen LogP contribution is -2.16. The van der Waals surface area contributed by atoms with Crippen LogP contribution >= 0.6 is 11.6 Å². The Kier molecular flexibility index (Phi) is 4.61. The quantitative estimate of drug-likeness (QED) is 0.885. The van der Waals surface area contributed by atoms with Gasteiger partial charge in [0.25, 0.3) is 0 Å². The van der Waals surface area contributed by atoms with Crippen molar-refractivity contribution < 1.29 is 4.42 Å². The fraction of sp³-hybridized carbons (Fsp3) is 0.538. The van der Waals surface area contributed by atoms with Gasteiger partial charge in [-0.15, -0.1) is 0 Å². The monoisotopic (exact) mass is 282 g/mol. The van der Waals surface area contributed by atoms with E-state index in [0.29, 0.717) is 19.0 Å². The van der Waals surface area contributed by atoms with E-state index >= 15 is 0 Å². The molecule has 0 bridgehead atoms. The van der Waals surface area contributed by atoms with E-state index in [1.807, 2.05) is 25.5 Å². The maximum Gasteiger partial charge on any atom is 0.208 e. The highest BCUT2D eigenvalue weighted by atomic mass is 35.5. The summed E-state index contributed by atoms with van der Waals surface area (Å²) in [5, 5.41) is 8.39. The first-order valence-electron chi connectivity index (χ1n) is 6.51. The highest BCUT2D eigenvalue weighted by Gasteiger charge is 2.12. The third-order valence-corrected chi connectivity index (χ3v) is 3.46. The Morgan fingerprint density at radius 1 is 1.37 bits per heavy atom. The van der Waals surface area contributed by atoms with Gasteiger partial charge in [-0.3, -0.25) is 4.68 Å². The molecule has 0 atom stereocenters. The van der Waals surface area contributed by atoms with Crippen LogP contribution in [-0.4, -0.2) is 14.8 Å². The lowest BCUT2D eigenvalue weighted by molar-refractivity contribution is 0.435. The zero-order valence-electron chi connectivity index (χ0n) is 11.5. The number of aromatic nitrogens is 3. The number of aryl methyl sites for hydroxylation is 3. The summed E-state index contributed by atoms with van der Waals surface area (Å²) in [6, 6.07) is 0. The van der Waals surface area contributed by atoms with Crippen LogP contribution in [0.1, 0.15) is 36.9 Å². The van der Waals surface area contributed by atoms with E-state index in [4.69, 9.17) is 16.0 Å². The highest BCUT2D eigenvalue weighted by Crippen LogP contribution is 2.20. The van der Waals surface area contributed by atoms with Crippen LogP contribution in [0.5, 0.6) is 0 Å². The molecule has 0 aromatic carbocycles. The molecule has 2 rings (SSSR count). The lowest BCUT2D eigenvalue weighted by Gasteiger charge is -2.05. The van der Waals surface area contributed by atoms with E-state index < -0.39 is 0 Å². The number of halogens is 1. The van der Waals surface area contributed by atoms with E-state index in [0.717, 1.165) is 35.1 Å². The summed E-state index contributed by atoms with van der Waals surface area (Å²) in [4.78, 5) is 4.20. The standard InChI is InChI=1S/C13H19ClN4O/c1-4-10-6-16-12(19-10)8-15-7-11-13(14)9(3)17-18(11)5-2/h6,15H,4-5,7-8H2,1-3H3. The Balaban J connectivity index is 1.95. The topological polar surface area (TPSA) is 55.9 Å². The summed E-state index contributed by atoms with van der Waals surface area (Å²) in [6.45, 7) is 8.05.